The molecule has 3 rings (SSSR count). The van der Waals surface area contributed by atoms with Crippen LogP contribution in [-0.4, -0.2) is 16.7 Å². The first-order valence-corrected chi connectivity index (χ1v) is 12.0. The van der Waals surface area contributed by atoms with E-state index in [4.69, 9.17) is 0 Å². The van der Waals surface area contributed by atoms with Crippen molar-refractivity contribution < 1.29 is 9.59 Å². The molecule has 1 aliphatic rings. The van der Waals surface area contributed by atoms with Crippen LogP contribution in [0.25, 0.3) is 0 Å². The molecule has 0 heterocycles. The van der Waals surface area contributed by atoms with Gasteiger partial charge in [0.2, 0.25) is 0 Å². The van der Waals surface area contributed by atoms with Gasteiger partial charge in [-0.15, -0.1) is 0 Å². The van der Waals surface area contributed by atoms with E-state index >= 15 is 0 Å². The van der Waals surface area contributed by atoms with E-state index < -0.39 is 7.92 Å². The van der Waals surface area contributed by atoms with Crippen molar-refractivity contribution in [2.45, 2.75) is 71.9 Å². The van der Waals surface area contributed by atoms with Crippen molar-refractivity contribution in [1.82, 2.24) is 0 Å². The van der Waals surface area contributed by atoms with Crippen LogP contribution in [0.1, 0.15) is 82.5 Å². The third-order valence-electron chi connectivity index (χ3n) is 6.04. The predicted octanol–water partition coefficient (Wildman–Crippen LogP) is 6.83. The summed E-state index contributed by atoms with van der Waals surface area (Å²) >= 11 is 0. The highest BCUT2D eigenvalue weighted by atomic mass is 31.1. The summed E-state index contributed by atoms with van der Waals surface area (Å²) in [4.78, 5) is 27.7. The first-order valence-electron chi connectivity index (χ1n) is 10.5. The first-order chi connectivity index (χ1) is 13.5. The van der Waals surface area contributed by atoms with E-state index in [0.29, 0.717) is 0 Å². The normalized spacial score (nSPS) is 15.6. The molecule has 0 N–H and O–H groups in total. The highest BCUT2D eigenvalue weighted by Gasteiger charge is 2.39. The Bertz CT molecular complexity index is 836. The van der Waals surface area contributed by atoms with Gasteiger partial charge >= 0.3 is 0 Å². The molecule has 2 nitrogen and oxygen atoms in total. The molecule has 1 fully saturated rings. The summed E-state index contributed by atoms with van der Waals surface area (Å²) in [6, 6.07) is 12.1. The van der Waals surface area contributed by atoms with Crippen LogP contribution in [0, 0.1) is 13.8 Å². The number of hydrogen-bond acceptors (Lipinski definition) is 2. The quantitative estimate of drug-likeness (QED) is 0.482. The molecule has 2 aromatic carbocycles. The topological polar surface area (TPSA) is 34.1 Å². The molecule has 0 aromatic heterocycles. The Morgan fingerprint density at radius 1 is 0.821 bits per heavy atom. The van der Waals surface area contributed by atoms with Crippen LogP contribution in [0.2, 0.25) is 0 Å². The van der Waals surface area contributed by atoms with Crippen molar-refractivity contribution in [1.29, 1.82) is 0 Å². The standard InChI is InChI=1S/C25H31O2P/c1-5-19-13-10-14-20(6-2)23(19)25(27)28(21-15-7-8-16-21)24(26)22-17(3)11-9-12-18(22)4/h9-14,21H,5-8,15-16H2,1-4H3. The molecule has 1 saturated carbocycles. The molecule has 148 valence electrons. The van der Waals surface area contributed by atoms with Crippen molar-refractivity contribution in [3.05, 3.63) is 69.8 Å². The lowest BCUT2D eigenvalue weighted by Crippen LogP contribution is -2.19. The Morgan fingerprint density at radius 3 is 1.79 bits per heavy atom. The fraction of sp³-hybridized carbons (Fsp3) is 0.440. The summed E-state index contributed by atoms with van der Waals surface area (Å²) in [5.74, 6) is 0. The second kappa shape index (κ2) is 9.14. The van der Waals surface area contributed by atoms with E-state index in [9.17, 15) is 9.59 Å². The van der Waals surface area contributed by atoms with Gasteiger partial charge in [0.1, 0.15) is 0 Å². The first kappa shape index (κ1) is 20.9. The number of carbonyl (C=O) groups is 2. The fourth-order valence-electron chi connectivity index (χ4n) is 4.50. The van der Waals surface area contributed by atoms with Gasteiger partial charge in [0.25, 0.3) is 0 Å². The van der Waals surface area contributed by atoms with Crippen LogP contribution in [0.3, 0.4) is 0 Å². The molecule has 1 unspecified atom stereocenters. The van der Waals surface area contributed by atoms with Crippen LogP contribution in [0.15, 0.2) is 36.4 Å². The largest absolute Gasteiger partial charge is 0.289 e. The lowest BCUT2D eigenvalue weighted by molar-refractivity contribution is 0.104. The van der Waals surface area contributed by atoms with Gasteiger partial charge in [0.15, 0.2) is 11.0 Å². The van der Waals surface area contributed by atoms with Crippen LogP contribution in [0.4, 0.5) is 0 Å². The zero-order valence-electron chi connectivity index (χ0n) is 17.5. The van der Waals surface area contributed by atoms with Crippen molar-refractivity contribution in [3.63, 3.8) is 0 Å². The Morgan fingerprint density at radius 2 is 1.29 bits per heavy atom. The van der Waals surface area contributed by atoms with Crippen molar-refractivity contribution in [2.24, 2.45) is 0 Å². The number of benzene rings is 2. The SMILES string of the molecule is CCc1cccc(CC)c1C(=O)P(C(=O)c1c(C)cccc1C)C1CCCC1. The summed E-state index contributed by atoms with van der Waals surface area (Å²) in [5, 5.41) is 0. The second-order valence-corrected chi connectivity index (χ2v) is 10.1. The lowest BCUT2D eigenvalue weighted by Gasteiger charge is -2.25. The monoisotopic (exact) mass is 394 g/mol. The van der Waals surface area contributed by atoms with E-state index in [0.717, 1.165) is 71.9 Å². The molecule has 2 aromatic rings. The van der Waals surface area contributed by atoms with Crippen LogP contribution >= 0.6 is 7.92 Å². The van der Waals surface area contributed by atoms with Gasteiger partial charge in [-0.3, -0.25) is 9.59 Å². The maximum atomic E-state index is 13.9. The van der Waals surface area contributed by atoms with Gasteiger partial charge in [0.05, 0.1) is 0 Å². The minimum absolute atomic E-state index is 0.0930. The summed E-state index contributed by atoms with van der Waals surface area (Å²) in [7, 11) is -1.39. The second-order valence-electron chi connectivity index (χ2n) is 7.84. The van der Waals surface area contributed by atoms with Crippen molar-refractivity contribution in [3.8, 4) is 0 Å². The Hall–Kier alpha value is -1.79. The Kier molecular flexibility index (Phi) is 6.83. The number of aryl methyl sites for hydroxylation is 4. The Labute approximate surface area is 170 Å². The molecule has 1 atom stereocenters. The van der Waals surface area contributed by atoms with Gasteiger partial charge in [-0.25, -0.2) is 0 Å². The number of rotatable bonds is 7. The molecule has 0 aliphatic heterocycles. The minimum atomic E-state index is -1.39. The molecule has 28 heavy (non-hydrogen) atoms. The number of hydrogen-bond donors (Lipinski definition) is 0. The van der Waals surface area contributed by atoms with Gasteiger partial charge in [-0.2, -0.15) is 0 Å². The number of carbonyl (C=O) groups excluding carboxylic acids is 2. The van der Waals surface area contributed by atoms with Gasteiger partial charge in [0, 0.05) is 19.0 Å². The average molecular weight is 394 g/mol. The molecular formula is C25H31O2P. The maximum absolute atomic E-state index is 13.9. The van der Waals surface area contributed by atoms with Gasteiger partial charge < -0.3 is 0 Å². The van der Waals surface area contributed by atoms with E-state index in [2.05, 4.69) is 26.0 Å². The third-order valence-corrected chi connectivity index (χ3v) is 8.60. The molecule has 0 saturated heterocycles. The lowest BCUT2D eigenvalue weighted by atomic mass is 9.98. The van der Waals surface area contributed by atoms with E-state index in [1.54, 1.807) is 0 Å². The smallest absolute Gasteiger partial charge is 0.192 e. The maximum Gasteiger partial charge on any atom is 0.192 e. The summed E-state index contributed by atoms with van der Waals surface area (Å²) in [5.41, 5.74) is 6.20. The van der Waals surface area contributed by atoms with Gasteiger partial charge in [-0.1, -0.05) is 63.1 Å². The summed E-state index contributed by atoms with van der Waals surface area (Å²) in [6.45, 7) is 8.17. The minimum Gasteiger partial charge on any atom is -0.289 e. The predicted molar refractivity (Wildman–Crippen MR) is 119 cm³/mol. The van der Waals surface area contributed by atoms with E-state index in [1.165, 1.54) is 0 Å². The van der Waals surface area contributed by atoms with E-state index in [1.807, 2.05) is 38.1 Å². The van der Waals surface area contributed by atoms with Gasteiger partial charge in [-0.05, 0) is 67.4 Å². The fourth-order valence-corrected chi connectivity index (χ4v) is 7.35. The van der Waals surface area contributed by atoms with Crippen molar-refractivity contribution in [2.75, 3.05) is 0 Å². The Balaban J connectivity index is 2.12. The summed E-state index contributed by atoms with van der Waals surface area (Å²) < 4.78 is 0. The molecular weight excluding hydrogens is 363 g/mol. The molecule has 0 radical (unpaired) electrons. The molecule has 1 aliphatic carbocycles. The highest BCUT2D eigenvalue weighted by Crippen LogP contribution is 2.54. The van der Waals surface area contributed by atoms with Crippen LogP contribution in [0.5, 0.6) is 0 Å². The molecule has 0 bridgehead atoms. The highest BCUT2D eigenvalue weighted by molar-refractivity contribution is 7.90. The van der Waals surface area contributed by atoms with Crippen molar-refractivity contribution >= 4 is 19.0 Å². The molecule has 0 amide bonds. The average Bonchev–Trinajstić information content (AvgIpc) is 3.21. The van der Waals surface area contributed by atoms with E-state index in [-0.39, 0.29) is 16.7 Å². The third kappa shape index (κ3) is 3.98. The molecule has 3 heteroatoms. The zero-order chi connectivity index (χ0) is 20.3. The van der Waals surface area contributed by atoms with Crippen LogP contribution in [-0.2, 0) is 12.8 Å². The van der Waals surface area contributed by atoms with Crippen LogP contribution < -0.4 is 0 Å². The summed E-state index contributed by atoms with van der Waals surface area (Å²) in [6.07, 6.45) is 5.91. The zero-order valence-corrected chi connectivity index (χ0v) is 18.4. The molecule has 0 spiro atoms.